The Bertz CT molecular complexity index is 405. The summed E-state index contributed by atoms with van der Waals surface area (Å²) in [5.41, 5.74) is 0.694. The summed E-state index contributed by atoms with van der Waals surface area (Å²) in [5, 5.41) is 9.11. The molecule has 1 rings (SSSR count). The quantitative estimate of drug-likeness (QED) is 0.752. The van der Waals surface area contributed by atoms with Crippen molar-refractivity contribution in [3.63, 3.8) is 0 Å². The fourth-order valence-corrected chi connectivity index (χ4v) is 1.58. The van der Waals surface area contributed by atoms with Crippen molar-refractivity contribution in [2.75, 3.05) is 0 Å². The average molecular weight is 242 g/mol. The van der Waals surface area contributed by atoms with E-state index < -0.39 is 17.8 Å². The Labute approximate surface area is 97.9 Å². The van der Waals surface area contributed by atoms with E-state index >= 15 is 0 Å². The second kappa shape index (κ2) is 6.13. The summed E-state index contributed by atoms with van der Waals surface area (Å²) in [7, 11) is 0. The Balaban J connectivity index is 2.89. The van der Waals surface area contributed by atoms with Crippen LogP contribution in [0, 0.1) is 0 Å². The van der Waals surface area contributed by atoms with Crippen LogP contribution in [0.2, 0.25) is 0 Å². The van der Waals surface area contributed by atoms with E-state index in [-0.39, 0.29) is 12.2 Å². The molecule has 4 heteroatoms. The van der Waals surface area contributed by atoms with Gasteiger partial charge < -0.3 is 5.11 Å². The van der Waals surface area contributed by atoms with Gasteiger partial charge in [0.1, 0.15) is 5.75 Å². The number of rotatable bonds is 5. The van der Waals surface area contributed by atoms with Gasteiger partial charge in [0, 0.05) is 6.42 Å². The van der Waals surface area contributed by atoms with Crippen molar-refractivity contribution in [1.82, 2.24) is 0 Å². The van der Waals surface area contributed by atoms with Crippen molar-refractivity contribution >= 4 is 0 Å². The number of benzene rings is 1. The third-order valence-electron chi connectivity index (χ3n) is 2.45. The molecule has 0 aromatic heterocycles. The van der Waals surface area contributed by atoms with E-state index in [0.717, 1.165) is 0 Å². The second-order valence-corrected chi connectivity index (χ2v) is 3.68. The number of allylic oxidation sites excluding steroid dienone is 2. The number of hydrogen-bond acceptors (Lipinski definition) is 1. The van der Waals surface area contributed by atoms with Gasteiger partial charge in [0.15, 0.2) is 5.83 Å². The van der Waals surface area contributed by atoms with E-state index in [9.17, 15) is 13.2 Å². The van der Waals surface area contributed by atoms with Gasteiger partial charge in [0.05, 0.1) is 0 Å². The predicted molar refractivity (Wildman–Crippen MR) is 60.6 cm³/mol. The van der Waals surface area contributed by atoms with Crippen LogP contribution in [0.15, 0.2) is 48.8 Å². The normalized spacial score (nSPS) is 11.9. The van der Waals surface area contributed by atoms with Gasteiger partial charge in [-0.05, 0) is 30.0 Å². The molecule has 0 aliphatic heterocycles. The van der Waals surface area contributed by atoms with Crippen LogP contribution in [0.3, 0.4) is 0 Å². The highest BCUT2D eigenvalue weighted by Crippen LogP contribution is 2.30. The summed E-state index contributed by atoms with van der Waals surface area (Å²) in [6, 6.07) is 6.07. The van der Waals surface area contributed by atoms with Crippen LogP contribution in [-0.2, 0) is 0 Å². The van der Waals surface area contributed by atoms with E-state index in [0.29, 0.717) is 12.0 Å². The van der Waals surface area contributed by atoms with E-state index in [2.05, 4.69) is 6.58 Å². The molecule has 92 valence electrons. The monoisotopic (exact) mass is 242 g/mol. The lowest BCUT2D eigenvalue weighted by molar-refractivity contribution is 0.364. The molecule has 0 fully saturated rings. The van der Waals surface area contributed by atoms with Crippen molar-refractivity contribution in [3.8, 4) is 5.75 Å². The minimum absolute atomic E-state index is 0.0822. The molecule has 0 bridgehead atoms. The van der Waals surface area contributed by atoms with Crippen LogP contribution in [0.4, 0.5) is 13.2 Å². The van der Waals surface area contributed by atoms with Crippen LogP contribution in [0.5, 0.6) is 5.75 Å². The molecular weight excluding hydrogens is 229 g/mol. The lowest BCUT2D eigenvalue weighted by Crippen LogP contribution is -1.98. The molecule has 0 heterocycles. The molecule has 1 nitrogen and oxygen atoms in total. The maximum atomic E-state index is 12.9. The van der Waals surface area contributed by atoms with Gasteiger partial charge in [-0.1, -0.05) is 18.2 Å². The second-order valence-electron chi connectivity index (χ2n) is 3.68. The SMILES string of the molecule is C=CCC(CC(F)=C(F)F)c1ccc(O)cc1. The topological polar surface area (TPSA) is 20.2 Å². The van der Waals surface area contributed by atoms with Gasteiger partial charge in [0.2, 0.25) is 0 Å². The fraction of sp³-hybridized carbons (Fsp3) is 0.231. The smallest absolute Gasteiger partial charge is 0.301 e. The van der Waals surface area contributed by atoms with Crippen LogP contribution in [-0.4, -0.2) is 5.11 Å². The first-order valence-corrected chi connectivity index (χ1v) is 5.14. The third-order valence-corrected chi connectivity index (χ3v) is 2.45. The molecule has 1 atom stereocenters. The average Bonchev–Trinajstić information content (AvgIpc) is 2.29. The Morgan fingerprint density at radius 3 is 2.29 bits per heavy atom. The number of phenols is 1. The van der Waals surface area contributed by atoms with Crippen molar-refractivity contribution in [2.24, 2.45) is 0 Å². The van der Waals surface area contributed by atoms with Crippen molar-refractivity contribution < 1.29 is 18.3 Å². The van der Waals surface area contributed by atoms with E-state index in [1.807, 2.05) is 0 Å². The molecule has 0 saturated heterocycles. The lowest BCUT2D eigenvalue weighted by Gasteiger charge is -2.14. The Morgan fingerprint density at radius 1 is 1.24 bits per heavy atom. The molecule has 1 aromatic carbocycles. The Morgan fingerprint density at radius 2 is 1.82 bits per heavy atom. The number of hydrogen-bond donors (Lipinski definition) is 1. The highest BCUT2D eigenvalue weighted by Gasteiger charge is 2.16. The Kier molecular flexibility index (Phi) is 4.82. The molecule has 17 heavy (non-hydrogen) atoms. The molecular formula is C13H13F3O. The number of halogens is 3. The fourth-order valence-electron chi connectivity index (χ4n) is 1.58. The van der Waals surface area contributed by atoms with Crippen LogP contribution in [0.25, 0.3) is 0 Å². The van der Waals surface area contributed by atoms with Crippen LogP contribution < -0.4 is 0 Å². The van der Waals surface area contributed by atoms with E-state index in [1.165, 1.54) is 12.1 Å². The summed E-state index contributed by atoms with van der Waals surface area (Å²) in [5.74, 6) is -1.71. The zero-order valence-corrected chi connectivity index (χ0v) is 9.17. The molecule has 0 aliphatic carbocycles. The zero-order valence-electron chi connectivity index (χ0n) is 9.17. The van der Waals surface area contributed by atoms with Gasteiger partial charge >= 0.3 is 6.08 Å². The summed E-state index contributed by atoms with van der Waals surface area (Å²) in [6.45, 7) is 3.52. The van der Waals surface area contributed by atoms with Crippen molar-refractivity contribution in [2.45, 2.75) is 18.8 Å². The molecule has 1 unspecified atom stereocenters. The summed E-state index contributed by atoms with van der Waals surface area (Å²) in [4.78, 5) is 0. The molecule has 1 aromatic rings. The van der Waals surface area contributed by atoms with Crippen LogP contribution >= 0.6 is 0 Å². The highest BCUT2D eigenvalue weighted by atomic mass is 19.3. The first-order valence-electron chi connectivity index (χ1n) is 5.14. The molecule has 0 spiro atoms. The van der Waals surface area contributed by atoms with E-state index in [4.69, 9.17) is 5.11 Å². The van der Waals surface area contributed by atoms with E-state index in [1.54, 1.807) is 18.2 Å². The minimum Gasteiger partial charge on any atom is -0.508 e. The lowest BCUT2D eigenvalue weighted by atomic mass is 9.92. The molecule has 0 amide bonds. The first-order chi connectivity index (χ1) is 8.04. The van der Waals surface area contributed by atoms with Gasteiger partial charge in [-0.3, -0.25) is 0 Å². The van der Waals surface area contributed by atoms with Gasteiger partial charge in [-0.25, -0.2) is 4.39 Å². The standard InChI is InChI=1S/C13H13F3O/c1-2-3-10(8-12(14)13(15)16)9-4-6-11(17)7-5-9/h2,4-7,10,17H,1,3,8H2. The largest absolute Gasteiger partial charge is 0.508 e. The molecule has 0 saturated carbocycles. The van der Waals surface area contributed by atoms with Crippen LogP contribution in [0.1, 0.15) is 24.3 Å². The molecule has 0 radical (unpaired) electrons. The summed E-state index contributed by atoms with van der Waals surface area (Å²) >= 11 is 0. The molecule has 1 N–H and O–H groups in total. The maximum Gasteiger partial charge on any atom is 0.301 e. The Hall–Kier alpha value is -1.71. The molecule has 0 aliphatic rings. The van der Waals surface area contributed by atoms with Crippen molar-refractivity contribution in [3.05, 3.63) is 54.4 Å². The van der Waals surface area contributed by atoms with Gasteiger partial charge in [-0.2, -0.15) is 8.78 Å². The maximum absolute atomic E-state index is 12.9. The van der Waals surface area contributed by atoms with Gasteiger partial charge in [-0.15, -0.1) is 6.58 Å². The summed E-state index contributed by atoms with van der Waals surface area (Å²) in [6.07, 6.45) is -0.691. The predicted octanol–water partition coefficient (Wildman–Crippen LogP) is 4.52. The van der Waals surface area contributed by atoms with Gasteiger partial charge in [0.25, 0.3) is 0 Å². The number of aromatic hydroxyl groups is 1. The highest BCUT2D eigenvalue weighted by molar-refractivity contribution is 5.29. The van der Waals surface area contributed by atoms with Crippen molar-refractivity contribution in [1.29, 1.82) is 0 Å². The first kappa shape index (κ1) is 13.4. The zero-order chi connectivity index (χ0) is 12.8. The summed E-state index contributed by atoms with van der Waals surface area (Å²) < 4.78 is 37.0. The number of phenolic OH excluding ortho intramolecular Hbond substituents is 1. The minimum atomic E-state index is -2.28. The third kappa shape index (κ3) is 3.98.